The lowest BCUT2D eigenvalue weighted by Gasteiger charge is -2.13. The Labute approximate surface area is 143 Å². The van der Waals surface area contributed by atoms with Crippen LogP contribution in [0, 0.1) is 18.3 Å². The zero-order valence-corrected chi connectivity index (χ0v) is 14.0. The number of nitrogen functional groups attached to an aromatic ring is 1. The van der Waals surface area contributed by atoms with Gasteiger partial charge in [-0.1, -0.05) is 11.6 Å². The molecule has 0 unspecified atom stereocenters. The molecule has 0 saturated heterocycles. The number of nitrogens with two attached hydrogens (primary N) is 1. The van der Waals surface area contributed by atoms with Crippen molar-refractivity contribution in [2.45, 2.75) is 6.92 Å². The van der Waals surface area contributed by atoms with Gasteiger partial charge in [-0.25, -0.2) is 9.59 Å². The highest BCUT2D eigenvalue weighted by atomic mass is 35.5. The molecule has 1 aromatic heterocycles. The number of nitrogens with zero attached hydrogens (tertiary/aromatic N) is 2. The number of carbonyl (C=O) groups excluding carboxylic acids is 2. The van der Waals surface area contributed by atoms with Gasteiger partial charge in [-0.05, 0) is 24.6 Å². The van der Waals surface area contributed by atoms with Crippen LogP contribution in [0.3, 0.4) is 0 Å². The van der Waals surface area contributed by atoms with Gasteiger partial charge in [0.15, 0.2) is 5.69 Å². The lowest BCUT2D eigenvalue weighted by atomic mass is 10.1. The zero-order chi connectivity index (χ0) is 18.0. The van der Waals surface area contributed by atoms with Crippen LogP contribution in [-0.4, -0.2) is 30.7 Å². The van der Waals surface area contributed by atoms with Gasteiger partial charge in [0.05, 0.1) is 41.7 Å². The number of aryl methyl sites for hydroxylation is 1. The van der Waals surface area contributed by atoms with Crippen molar-refractivity contribution < 1.29 is 19.1 Å². The SMILES string of the molecule is COC(=O)c1cc(C)c(-n2cc(C#N)c(N)c2C(=O)OC)cc1Cl. The molecular weight excluding hydrogens is 334 g/mol. The number of benzene rings is 1. The molecule has 0 amide bonds. The number of hydrogen-bond acceptors (Lipinski definition) is 6. The van der Waals surface area contributed by atoms with E-state index in [4.69, 9.17) is 27.3 Å². The Hall–Kier alpha value is -2.98. The van der Waals surface area contributed by atoms with Crippen molar-refractivity contribution in [2.75, 3.05) is 20.0 Å². The second-order valence-corrected chi connectivity index (χ2v) is 5.30. The average Bonchev–Trinajstić information content (AvgIpc) is 2.91. The highest BCUT2D eigenvalue weighted by Crippen LogP contribution is 2.30. The Balaban J connectivity index is 2.74. The molecule has 0 fully saturated rings. The molecule has 0 radical (unpaired) electrons. The standard InChI is InChI=1S/C16H14ClN3O4/c1-8-4-10(15(21)23-2)11(17)5-12(8)20-7-9(6-18)13(19)14(20)16(22)24-3/h4-5,7H,19H2,1-3H3. The van der Waals surface area contributed by atoms with Gasteiger partial charge in [-0.15, -0.1) is 0 Å². The summed E-state index contributed by atoms with van der Waals surface area (Å²) in [5.41, 5.74) is 7.33. The van der Waals surface area contributed by atoms with Crippen molar-refractivity contribution in [3.8, 4) is 11.8 Å². The molecule has 124 valence electrons. The molecule has 0 spiro atoms. The molecule has 1 heterocycles. The van der Waals surface area contributed by atoms with Gasteiger partial charge in [0.2, 0.25) is 0 Å². The summed E-state index contributed by atoms with van der Waals surface area (Å²) in [5.74, 6) is -1.27. The maximum absolute atomic E-state index is 12.0. The molecule has 0 aliphatic rings. The van der Waals surface area contributed by atoms with Crippen molar-refractivity contribution in [1.82, 2.24) is 4.57 Å². The van der Waals surface area contributed by atoms with Gasteiger partial charge in [-0.3, -0.25) is 0 Å². The van der Waals surface area contributed by atoms with Crippen LogP contribution in [0.4, 0.5) is 5.69 Å². The first kappa shape index (κ1) is 17.4. The lowest BCUT2D eigenvalue weighted by Crippen LogP contribution is -2.12. The summed E-state index contributed by atoms with van der Waals surface area (Å²) in [5, 5.41) is 9.29. The molecule has 7 nitrogen and oxygen atoms in total. The van der Waals surface area contributed by atoms with Gasteiger partial charge in [0.25, 0.3) is 0 Å². The van der Waals surface area contributed by atoms with E-state index in [0.29, 0.717) is 11.3 Å². The number of carbonyl (C=O) groups is 2. The Bertz CT molecular complexity index is 880. The van der Waals surface area contributed by atoms with Crippen LogP contribution >= 0.6 is 11.6 Å². The lowest BCUT2D eigenvalue weighted by molar-refractivity contribution is 0.0586. The molecule has 0 saturated carbocycles. The molecule has 0 aliphatic heterocycles. The highest BCUT2D eigenvalue weighted by molar-refractivity contribution is 6.33. The van der Waals surface area contributed by atoms with E-state index >= 15 is 0 Å². The van der Waals surface area contributed by atoms with E-state index in [-0.39, 0.29) is 27.5 Å². The zero-order valence-electron chi connectivity index (χ0n) is 13.2. The van der Waals surface area contributed by atoms with Crippen LogP contribution in [-0.2, 0) is 9.47 Å². The molecular formula is C16H14ClN3O4. The summed E-state index contributed by atoms with van der Waals surface area (Å²) < 4.78 is 10.8. The van der Waals surface area contributed by atoms with E-state index in [1.54, 1.807) is 6.92 Å². The number of methoxy groups -OCH3 is 2. The number of rotatable bonds is 3. The number of anilines is 1. The number of esters is 2. The average molecular weight is 348 g/mol. The van der Waals surface area contributed by atoms with Crippen LogP contribution in [0.2, 0.25) is 5.02 Å². The number of ether oxygens (including phenoxy) is 2. The number of hydrogen-bond donors (Lipinski definition) is 1. The molecule has 24 heavy (non-hydrogen) atoms. The van der Waals surface area contributed by atoms with E-state index in [0.717, 1.165) is 0 Å². The van der Waals surface area contributed by atoms with Gasteiger partial charge >= 0.3 is 11.9 Å². The molecule has 2 aromatic rings. The maximum Gasteiger partial charge on any atom is 0.357 e. The Morgan fingerprint density at radius 1 is 1.25 bits per heavy atom. The topological polar surface area (TPSA) is 107 Å². The van der Waals surface area contributed by atoms with Crippen LogP contribution in [0.1, 0.15) is 32.0 Å². The molecule has 0 aliphatic carbocycles. The van der Waals surface area contributed by atoms with Crippen molar-refractivity contribution >= 4 is 29.2 Å². The molecule has 0 bridgehead atoms. The summed E-state index contributed by atoms with van der Waals surface area (Å²) in [4.78, 5) is 23.7. The van der Waals surface area contributed by atoms with Crippen LogP contribution in [0.15, 0.2) is 18.3 Å². The van der Waals surface area contributed by atoms with Crippen molar-refractivity contribution in [3.05, 3.63) is 45.7 Å². The second-order valence-electron chi connectivity index (χ2n) is 4.89. The van der Waals surface area contributed by atoms with E-state index in [1.807, 2.05) is 6.07 Å². The highest BCUT2D eigenvalue weighted by Gasteiger charge is 2.23. The third kappa shape index (κ3) is 2.79. The van der Waals surface area contributed by atoms with Gasteiger partial charge in [0.1, 0.15) is 6.07 Å². The first-order chi connectivity index (χ1) is 11.3. The molecule has 0 atom stereocenters. The fourth-order valence-corrected chi connectivity index (χ4v) is 2.54. The minimum Gasteiger partial charge on any atom is -0.465 e. The fraction of sp³-hybridized carbons (Fsp3) is 0.188. The number of aromatic nitrogens is 1. The first-order valence-electron chi connectivity index (χ1n) is 6.73. The Morgan fingerprint density at radius 2 is 1.88 bits per heavy atom. The molecule has 2 N–H and O–H groups in total. The second kappa shape index (κ2) is 6.64. The van der Waals surface area contributed by atoms with Crippen LogP contribution in [0.5, 0.6) is 0 Å². The summed E-state index contributed by atoms with van der Waals surface area (Å²) >= 11 is 6.14. The largest absolute Gasteiger partial charge is 0.465 e. The fourth-order valence-electron chi connectivity index (χ4n) is 2.30. The quantitative estimate of drug-likeness (QED) is 0.854. The summed E-state index contributed by atoms with van der Waals surface area (Å²) in [6.07, 6.45) is 1.41. The smallest absolute Gasteiger partial charge is 0.357 e. The van der Waals surface area contributed by atoms with Crippen molar-refractivity contribution in [3.63, 3.8) is 0 Å². The maximum atomic E-state index is 12.0. The monoisotopic (exact) mass is 347 g/mol. The number of nitriles is 1. The molecule has 1 aromatic carbocycles. The van der Waals surface area contributed by atoms with Gasteiger partial charge in [-0.2, -0.15) is 5.26 Å². The van der Waals surface area contributed by atoms with E-state index in [1.165, 1.54) is 37.1 Å². The Kier molecular flexibility index (Phi) is 4.81. The summed E-state index contributed by atoms with van der Waals surface area (Å²) in [7, 11) is 2.47. The minimum atomic E-state index is -0.693. The normalized spacial score (nSPS) is 10.1. The predicted molar refractivity (Wildman–Crippen MR) is 87.3 cm³/mol. The van der Waals surface area contributed by atoms with Gasteiger partial charge in [0, 0.05) is 6.20 Å². The molecule has 8 heteroatoms. The van der Waals surface area contributed by atoms with E-state index in [2.05, 4.69) is 4.74 Å². The van der Waals surface area contributed by atoms with E-state index < -0.39 is 11.9 Å². The Morgan fingerprint density at radius 3 is 2.42 bits per heavy atom. The van der Waals surface area contributed by atoms with E-state index in [9.17, 15) is 9.59 Å². The third-order valence-corrected chi connectivity index (χ3v) is 3.81. The van der Waals surface area contributed by atoms with Gasteiger partial charge < -0.3 is 19.8 Å². The van der Waals surface area contributed by atoms with Crippen LogP contribution < -0.4 is 5.73 Å². The molecule has 2 rings (SSSR count). The van der Waals surface area contributed by atoms with Crippen molar-refractivity contribution in [1.29, 1.82) is 5.26 Å². The van der Waals surface area contributed by atoms with Crippen LogP contribution in [0.25, 0.3) is 5.69 Å². The predicted octanol–water partition coefficient (Wildman–Crippen LogP) is 2.47. The number of halogens is 1. The first-order valence-corrected chi connectivity index (χ1v) is 7.11. The minimum absolute atomic E-state index is 0.0110. The summed E-state index contributed by atoms with van der Waals surface area (Å²) in [6.45, 7) is 1.72. The summed E-state index contributed by atoms with van der Waals surface area (Å²) in [6, 6.07) is 4.95. The third-order valence-electron chi connectivity index (χ3n) is 3.49. The van der Waals surface area contributed by atoms with Crippen molar-refractivity contribution in [2.24, 2.45) is 0 Å².